The van der Waals surface area contributed by atoms with Gasteiger partial charge in [0, 0.05) is 30.3 Å². The van der Waals surface area contributed by atoms with E-state index in [1.807, 2.05) is 18.2 Å². The highest BCUT2D eigenvalue weighted by molar-refractivity contribution is 8.00. The van der Waals surface area contributed by atoms with Crippen molar-refractivity contribution >= 4 is 34.5 Å². The zero-order chi connectivity index (χ0) is 24.4. The quantitative estimate of drug-likeness (QED) is 0.514. The molecule has 0 atom stereocenters. The monoisotopic (exact) mass is 496 g/mol. The third-order valence-electron chi connectivity index (χ3n) is 6.82. The van der Waals surface area contributed by atoms with Gasteiger partial charge in [-0.25, -0.2) is 14.4 Å². The lowest BCUT2D eigenvalue weighted by molar-refractivity contribution is -0.113. The highest BCUT2D eigenvalue weighted by Gasteiger charge is 2.30. The number of anilines is 1. The number of pyridine rings is 3. The van der Waals surface area contributed by atoms with Gasteiger partial charge in [0.2, 0.25) is 11.8 Å². The Morgan fingerprint density at radius 1 is 1.23 bits per heavy atom. The largest absolute Gasteiger partial charge is 0.481 e. The summed E-state index contributed by atoms with van der Waals surface area (Å²) in [6, 6.07) is 7.60. The lowest BCUT2D eigenvalue weighted by atomic mass is 9.89. The molecule has 2 aliphatic rings. The van der Waals surface area contributed by atoms with Crippen LogP contribution in [0.2, 0.25) is 0 Å². The van der Waals surface area contributed by atoms with E-state index in [4.69, 9.17) is 4.74 Å². The smallest absolute Gasteiger partial charge is 0.235 e. The second-order valence-electron chi connectivity index (χ2n) is 9.30. The number of rotatable bonds is 7. The number of hydrogen-bond donors (Lipinski definition) is 2. The first-order valence-electron chi connectivity index (χ1n) is 11.8. The molecule has 2 N–H and O–H groups in total. The summed E-state index contributed by atoms with van der Waals surface area (Å²) in [6.45, 7) is 5.50. The number of nitrogens with zero attached hydrogens (tertiary/aromatic N) is 4. The number of carbonyl (C=O) groups excluding carboxylic acids is 1. The van der Waals surface area contributed by atoms with Crippen molar-refractivity contribution in [1.82, 2.24) is 25.2 Å². The molecule has 1 fully saturated rings. The Morgan fingerprint density at radius 3 is 2.86 bits per heavy atom. The Kier molecular flexibility index (Phi) is 6.86. The van der Waals surface area contributed by atoms with Crippen molar-refractivity contribution in [2.75, 3.05) is 37.8 Å². The van der Waals surface area contributed by atoms with Gasteiger partial charge in [-0.05, 0) is 57.5 Å². The van der Waals surface area contributed by atoms with Crippen LogP contribution in [0.25, 0.3) is 11.0 Å². The third-order valence-corrected chi connectivity index (χ3v) is 7.86. The first kappa shape index (κ1) is 23.9. The summed E-state index contributed by atoms with van der Waals surface area (Å²) in [6.07, 6.45) is 3.81. The maximum atomic E-state index is 14.6. The van der Waals surface area contributed by atoms with Gasteiger partial charge in [-0.1, -0.05) is 0 Å². The molecule has 1 amide bonds. The minimum absolute atomic E-state index is 0.00435. The van der Waals surface area contributed by atoms with E-state index in [0.717, 1.165) is 43.1 Å². The van der Waals surface area contributed by atoms with E-state index in [9.17, 15) is 9.18 Å². The van der Waals surface area contributed by atoms with Gasteiger partial charge in [-0.15, -0.1) is 11.8 Å². The van der Waals surface area contributed by atoms with Crippen LogP contribution in [-0.2, 0) is 17.8 Å². The van der Waals surface area contributed by atoms with Gasteiger partial charge < -0.3 is 20.3 Å². The number of halogens is 1. The minimum Gasteiger partial charge on any atom is -0.481 e. The van der Waals surface area contributed by atoms with Gasteiger partial charge >= 0.3 is 0 Å². The Hall–Kier alpha value is -2.82. The van der Waals surface area contributed by atoms with Crippen molar-refractivity contribution < 1.29 is 13.9 Å². The molecule has 0 spiro atoms. The minimum atomic E-state index is -0.325. The van der Waals surface area contributed by atoms with Crippen molar-refractivity contribution in [3.63, 3.8) is 0 Å². The fourth-order valence-electron chi connectivity index (χ4n) is 4.55. The number of thioether (sulfide) groups is 1. The number of ether oxygens (including phenoxy) is 1. The number of nitrogens with one attached hydrogen (secondary N) is 2. The van der Waals surface area contributed by atoms with Crippen LogP contribution in [0.5, 0.6) is 5.88 Å². The summed E-state index contributed by atoms with van der Waals surface area (Å²) in [4.78, 5) is 28.3. The maximum Gasteiger partial charge on any atom is 0.235 e. The molecule has 0 aromatic carbocycles. The molecule has 35 heavy (non-hydrogen) atoms. The molecule has 5 heterocycles. The van der Waals surface area contributed by atoms with Crippen LogP contribution in [0.4, 0.5) is 10.2 Å². The predicted molar refractivity (Wildman–Crippen MR) is 134 cm³/mol. The van der Waals surface area contributed by atoms with Crippen LogP contribution in [-0.4, -0.2) is 63.8 Å². The summed E-state index contributed by atoms with van der Waals surface area (Å²) in [5.41, 5.74) is 2.74. The topological polar surface area (TPSA) is 92.3 Å². The molecule has 184 valence electrons. The van der Waals surface area contributed by atoms with E-state index in [-0.39, 0.29) is 17.3 Å². The van der Waals surface area contributed by atoms with Crippen LogP contribution < -0.4 is 15.4 Å². The SMILES string of the molecule is COc1ccc2ncc(F)c(CCN3CCC(C)(NCc4ccc5c(n4)NC(=O)CS5)CC3)c2n1. The Bertz CT molecular complexity index is 1250. The number of amides is 1. The molecule has 8 nitrogen and oxygen atoms in total. The predicted octanol–water partition coefficient (Wildman–Crippen LogP) is 3.40. The number of methoxy groups -OCH3 is 1. The lowest BCUT2D eigenvalue weighted by Gasteiger charge is -2.40. The van der Waals surface area contributed by atoms with Crippen LogP contribution >= 0.6 is 11.8 Å². The van der Waals surface area contributed by atoms with E-state index in [1.54, 1.807) is 13.2 Å². The average Bonchev–Trinajstić information content (AvgIpc) is 2.87. The zero-order valence-electron chi connectivity index (χ0n) is 19.9. The van der Waals surface area contributed by atoms with E-state index in [1.165, 1.54) is 18.0 Å². The van der Waals surface area contributed by atoms with Gasteiger partial charge in [0.1, 0.15) is 11.6 Å². The maximum absolute atomic E-state index is 14.6. The van der Waals surface area contributed by atoms with Crippen molar-refractivity contribution in [2.45, 2.75) is 43.2 Å². The normalized spacial score (nSPS) is 17.7. The molecule has 0 saturated carbocycles. The molecule has 2 aliphatic heterocycles. The van der Waals surface area contributed by atoms with Crippen LogP contribution in [0.1, 0.15) is 31.0 Å². The second kappa shape index (κ2) is 10.0. The number of likely N-dealkylation sites (tertiary alicyclic amines) is 1. The Balaban J connectivity index is 1.16. The molecule has 5 rings (SSSR count). The zero-order valence-corrected chi connectivity index (χ0v) is 20.8. The molecule has 1 saturated heterocycles. The van der Waals surface area contributed by atoms with E-state index >= 15 is 0 Å². The fraction of sp³-hybridized carbons (Fsp3) is 0.440. The van der Waals surface area contributed by atoms with Gasteiger partial charge in [0.25, 0.3) is 0 Å². The number of hydrogen-bond acceptors (Lipinski definition) is 8. The molecular formula is C25H29FN6O2S. The fourth-order valence-corrected chi connectivity index (χ4v) is 5.31. The van der Waals surface area contributed by atoms with Crippen molar-refractivity contribution in [2.24, 2.45) is 0 Å². The highest BCUT2D eigenvalue weighted by atomic mass is 32.2. The summed E-state index contributed by atoms with van der Waals surface area (Å²) in [5.74, 6) is 1.23. The molecule has 3 aromatic heterocycles. The van der Waals surface area contributed by atoms with Gasteiger partial charge in [-0.2, -0.15) is 0 Å². The van der Waals surface area contributed by atoms with Gasteiger partial charge in [0.15, 0.2) is 0 Å². The van der Waals surface area contributed by atoms with Crippen molar-refractivity contribution in [3.05, 3.63) is 47.5 Å². The molecule has 0 radical (unpaired) electrons. The van der Waals surface area contributed by atoms with Crippen LogP contribution in [0, 0.1) is 5.82 Å². The molecule has 0 unspecified atom stereocenters. The molecule has 0 aliphatic carbocycles. The third kappa shape index (κ3) is 5.39. The number of piperidine rings is 1. The van der Waals surface area contributed by atoms with Gasteiger partial charge in [0.05, 0.1) is 40.7 Å². The van der Waals surface area contributed by atoms with Crippen molar-refractivity contribution in [3.8, 4) is 5.88 Å². The molecule has 3 aromatic rings. The Morgan fingerprint density at radius 2 is 2.06 bits per heavy atom. The number of aromatic nitrogens is 3. The van der Waals surface area contributed by atoms with Crippen molar-refractivity contribution in [1.29, 1.82) is 0 Å². The second-order valence-corrected chi connectivity index (χ2v) is 10.3. The lowest BCUT2D eigenvalue weighted by Crippen LogP contribution is -2.51. The summed E-state index contributed by atoms with van der Waals surface area (Å²) < 4.78 is 19.8. The van der Waals surface area contributed by atoms with Gasteiger partial charge in [-0.3, -0.25) is 9.78 Å². The van der Waals surface area contributed by atoms with E-state index < -0.39 is 0 Å². The van der Waals surface area contributed by atoms with Crippen LogP contribution in [0.15, 0.2) is 35.4 Å². The number of carbonyl (C=O) groups is 1. The van der Waals surface area contributed by atoms with E-state index in [2.05, 4.69) is 37.4 Å². The molecular weight excluding hydrogens is 467 g/mol. The first-order valence-corrected chi connectivity index (χ1v) is 12.8. The highest BCUT2D eigenvalue weighted by Crippen LogP contribution is 2.30. The number of fused-ring (bicyclic) bond motifs is 2. The molecule has 10 heteroatoms. The molecule has 0 bridgehead atoms. The first-order chi connectivity index (χ1) is 16.9. The van der Waals surface area contributed by atoms with E-state index in [0.29, 0.717) is 47.0 Å². The summed E-state index contributed by atoms with van der Waals surface area (Å²) in [7, 11) is 1.55. The average molecular weight is 497 g/mol. The van der Waals surface area contributed by atoms with Crippen LogP contribution in [0.3, 0.4) is 0 Å². The standard InChI is InChI=1S/C25H29FN6O2S/c1-25(28-13-16-3-5-20-24(29-16)30-21(33)15-35-20)8-11-32(12-9-25)10-7-17-18(26)14-27-19-4-6-22(34-2)31-23(17)19/h3-6,14,28H,7-13,15H2,1-2H3,(H,29,30,33). The Labute approximate surface area is 208 Å². The summed E-state index contributed by atoms with van der Waals surface area (Å²) >= 11 is 1.52. The summed E-state index contributed by atoms with van der Waals surface area (Å²) in [5, 5.41) is 6.53.